The summed E-state index contributed by atoms with van der Waals surface area (Å²) in [5.74, 6) is 0. The maximum absolute atomic E-state index is 16.7. The van der Waals surface area contributed by atoms with E-state index >= 15 is 4.79 Å². The zero-order chi connectivity index (χ0) is 28.2. The van der Waals surface area contributed by atoms with E-state index in [0.717, 1.165) is 31.8 Å². The van der Waals surface area contributed by atoms with E-state index in [1.165, 1.54) is 0 Å². The molecule has 6 aromatic rings. The Labute approximate surface area is 275 Å². The molecule has 0 aliphatic carbocycles. The van der Waals surface area contributed by atoms with Crippen LogP contribution in [0.1, 0.15) is 0 Å². The van der Waals surface area contributed by atoms with Gasteiger partial charge in [-0.2, -0.15) is 0 Å². The predicted octanol–water partition coefficient (Wildman–Crippen LogP) is 7.98. The SMILES string of the molecule is O=C([P+](c1ccccc1)(c1ccccc1)c1ccccc1)P(I)(c1ccccc1)(c1ccccc1)c1ccccc1.[Ir]. The molecule has 0 saturated heterocycles. The quantitative estimate of drug-likeness (QED) is 0.112. The molecule has 0 fully saturated rings. The molecule has 0 saturated carbocycles. The molecule has 0 atom stereocenters. The zero-order valence-corrected chi connectivity index (χ0v) is 29.2. The van der Waals surface area contributed by atoms with Crippen molar-refractivity contribution in [3.63, 3.8) is 0 Å². The molecule has 6 rings (SSSR count). The van der Waals surface area contributed by atoms with E-state index in [0.29, 0.717) is 0 Å². The Bertz CT molecular complexity index is 1560. The van der Waals surface area contributed by atoms with Crippen LogP contribution in [-0.4, -0.2) is 5.27 Å². The number of benzene rings is 6. The molecule has 1 nitrogen and oxygen atoms in total. The third-order valence-corrected chi connectivity index (χ3v) is 25.7. The first-order chi connectivity index (χ1) is 20.1. The first kappa shape index (κ1) is 30.7. The fraction of sp³-hybridized carbons (Fsp3) is 0. The standard InChI is InChI=1S/C37H30IOP2.Ir/c38-41(34-25-13-4-14-26-34,35-27-15-5-16-28-35,36-29-17-6-18-30-36)37(39)40(31-19-7-1-8-20-31,32-21-9-2-10-22-32)33-23-11-3-12-24-33;/h1-30H;/q+1;. The number of hydrogen-bond acceptors (Lipinski definition) is 1. The Morgan fingerprint density at radius 2 is 0.619 bits per heavy atom. The molecule has 0 aromatic heterocycles. The van der Waals surface area contributed by atoms with Gasteiger partial charge in [0.2, 0.25) is 0 Å². The maximum Gasteiger partial charge on any atom is 0 e. The summed E-state index contributed by atoms with van der Waals surface area (Å²) in [6, 6.07) is 63.0. The van der Waals surface area contributed by atoms with Crippen molar-refractivity contribution in [1.29, 1.82) is 0 Å². The van der Waals surface area contributed by atoms with Gasteiger partial charge in [-0.05, 0) is 0 Å². The molecule has 0 aliphatic heterocycles. The van der Waals surface area contributed by atoms with Crippen LogP contribution in [0.2, 0.25) is 0 Å². The number of carbonyl (C=O) groups is 1. The smallest absolute Gasteiger partial charge is 0 e. The minimum absolute atomic E-state index is 0. The van der Waals surface area contributed by atoms with Gasteiger partial charge in [-0.3, -0.25) is 0 Å². The summed E-state index contributed by atoms with van der Waals surface area (Å²) in [5.41, 5.74) is 0. The van der Waals surface area contributed by atoms with Crippen molar-refractivity contribution in [1.82, 2.24) is 0 Å². The van der Waals surface area contributed by atoms with Crippen LogP contribution in [0, 0.1) is 0 Å². The second-order valence-corrected chi connectivity index (χ2v) is 23.4. The van der Waals surface area contributed by atoms with Gasteiger partial charge in [-0.25, -0.2) is 0 Å². The number of rotatable bonds is 8. The third kappa shape index (κ3) is 4.77. The van der Waals surface area contributed by atoms with Gasteiger partial charge in [0.05, 0.1) is 0 Å². The van der Waals surface area contributed by atoms with Crippen molar-refractivity contribution in [2.75, 3.05) is 0 Å². The monoisotopic (exact) mass is 872 g/mol. The van der Waals surface area contributed by atoms with Crippen LogP contribution in [-0.2, 0) is 20.1 Å². The van der Waals surface area contributed by atoms with Crippen LogP contribution >= 0.6 is 33.5 Å². The summed E-state index contributed by atoms with van der Waals surface area (Å²) in [6.07, 6.45) is 0. The van der Waals surface area contributed by atoms with Crippen molar-refractivity contribution in [3.8, 4) is 0 Å². The molecule has 1 radical (unpaired) electrons. The van der Waals surface area contributed by atoms with Gasteiger partial charge in [0.15, 0.2) is 0 Å². The second kappa shape index (κ2) is 12.8. The molecule has 42 heavy (non-hydrogen) atoms. The molecule has 0 N–H and O–H groups in total. The van der Waals surface area contributed by atoms with Gasteiger partial charge in [0.1, 0.15) is 0 Å². The summed E-state index contributed by atoms with van der Waals surface area (Å²) in [7, 11) is -2.92. The number of hydrogen-bond donors (Lipinski definition) is 0. The summed E-state index contributed by atoms with van der Waals surface area (Å²) < 4.78 is -3.87. The Balaban J connectivity index is 0.00000353. The van der Waals surface area contributed by atoms with Crippen LogP contribution in [0.15, 0.2) is 182 Å². The molecule has 0 amide bonds. The first-order valence-corrected chi connectivity index (χ1v) is 20.4. The predicted molar refractivity (Wildman–Crippen MR) is 190 cm³/mol. The summed E-state index contributed by atoms with van der Waals surface area (Å²) in [6.45, 7) is 0. The number of carbonyl (C=O) groups excluding carboxylic acids is 1. The van der Waals surface area contributed by atoms with Crippen LogP contribution in [0.25, 0.3) is 0 Å². The minimum Gasteiger partial charge on any atom is 0 e. The summed E-state index contributed by atoms with van der Waals surface area (Å²) in [4.78, 5) is 16.7. The van der Waals surface area contributed by atoms with Gasteiger partial charge >= 0.3 is 257 Å². The molecule has 0 spiro atoms. The molecular formula is C37H30IIrOP2+. The average Bonchev–Trinajstić information content (AvgIpc) is 3.07. The van der Waals surface area contributed by atoms with Crippen molar-refractivity contribution in [2.24, 2.45) is 0 Å². The Hall–Kier alpha value is -2.77. The maximum atomic E-state index is 16.7. The van der Waals surface area contributed by atoms with Crippen LogP contribution in [0.5, 0.6) is 0 Å². The van der Waals surface area contributed by atoms with Gasteiger partial charge in [0, 0.05) is 20.1 Å². The molecule has 0 heterocycles. The Morgan fingerprint density at radius 3 is 0.857 bits per heavy atom. The molecular weight excluding hydrogens is 841 g/mol. The molecule has 0 aliphatic rings. The van der Waals surface area contributed by atoms with Gasteiger partial charge in [-0.15, -0.1) is 0 Å². The fourth-order valence-electron chi connectivity index (χ4n) is 5.92. The van der Waals surface area contributed by atoms with E-state index in [-0.39, 0.29) is 25.4 Å². The fourth-order valence-corrected chi connectivity index (χ4v) is 23.2. The molecule has 0 bridgehead atoms. The van der Waals surface area contributed by atoms with Crippen LogP contribution in [0.3, 0.4) is 0 Å². The molecule has 0 unspecified atom stereocenters. The van der Waals surface area contributed by atoms with Crippen molar-refractivity contribution in [3.05, 3.63) is 182 Å². The largest absolute Gasteiger partial charge is 0 e. The second-order valence-electron chi connectivity index (χ2n) is 9.98. The van der Waals surface area contributed by atoms with Gasteiger partial charge in [-0.1, -0.05) is 0 Å². The van der Waals surface area contributed by atoms with E-state index in [1.54, 1.807) is 0 Å². The molecule has 209 valence electrons. The van der Waals surface area contributed by atoms with Crippen molar-refractivity contribution < 1.29 is 24.9 Å². The van der Waals surface area contributed by atoms with Crippen molar-refractivity contribution >= 4 is 70.6 Å². The number of halogens is 1. The topological polar surface area (TPSA) is 17.1 Å². The normalized spacial score (nSPS) is 12.4. The van der Waals surface area contributed by atoms with Crippen LogP contribution < -0.4 is 31.8 Å². The molecule has 5 heteroatoms. The zero-order valence-electron chi connectivity index (χ0n) is 22.8. The van der Waals surface area contributed by atoms with E-state index in [9.17, 15) is 0 Å². The third-order valence-electron chi connectivity index (χ3n) is 7.80. The average molecular weight is 872 g/mol. The van der Waals surface area contributed by atoms with E-state index in [2.05, 4.69) is 168 Å². The minimum atomic E-state index is -3.87. The Morgan fingerprint density at radius 1 is 0.405 bits per heavy atom. The first-order valence-electron chi connectivity index (χ1n) is 13.6. The van der Waals surface area contributed by atoms with Crippen LogP contribution in [0.4, 0.5) is 4.79 Å². The summed E-state index contributed by atoms with van der Waals surface area (Å²) >= 11 is 2.65. The van der Waals surface area contributed by atoms with E-state index in [4.69, 9.17) is 0 Å². The van der Waals surface area contributed by atoms with Gasteiger partial charge in [0.25, 0.3) is 0 Å². The van der Waals surface area contributed by atoms with E-state index < -0.39 is 11.5 Å². The molecule has 6 aromatic carbocycles. The summed E-state index contributed by atoms with van der Waals surface area (Å²) in [5, 5.41) is 6.68. The van der Waals surface area contributed by atoms with E-state index in [1.807, 2.05) is 36.4 Å². The van der Waals surface area contributed by atoms with Gasteiger partial charge < -0.3 is 0 Å². The Kier molecular flexibility index (Phi) is 9.38. The van der Waals surface area contributed by atoms with Crippen molar-refractivity contribution in [2.45, 2.75) is 0 Å².